The molecular weight excluding hydrogens is 216 g/mol. The fourth-order valence-electron chi connectivity index (χ4n) is 2.41. The number of nitrogens with zero attached hydrogens (tertiary/aromatic N) is 1. The first-order valence-corrected chi connectivity index (χ1v) is 6.31. The maximum Gasteiger partial charge on any atom is 0.121 e. The van der Waals surface area contributed by atoms with Crippen molar-refractivity contribution in [3.63, 3.8) is 0 Å². The van der Waals surface area contributed by atoms with Crippen molar-refractivity contribution in [1.29, 1.82) is 0 Å². The number of hydrogen-bond donors (Lipinski definition) is 1. The van der Waals surface area contributed by atoms with Gasteiger partial charge in [0.15, 0.2) is 0 Å². The smallest absolute Gasteiger partial charge is 0.121 e. The quantitative estimate of drug-likeness (QED) is 0.846. The van der Waals surface area contributed by atoms with Gasteiger partial charge in [0.25, 0.3) is 0 Å². The second-order valence-electron chi connectivity index (χ2n) is 4.83. The molecule has 1 aromatic heterocycles. The number of nitrogens with two attached hydrogens (primary N) is 1. The van der Waals surface area contributed by atoms with Gasteiger partial charge in [0.1, 0.15) is 5.76 Å². The van der Waals surface area contributed by atoms with Crippen molar-refractivity contribution in [3.05, 3.63) is 23.7 Å². The Labute approximate surface area is 103 Å². The molecule has 1 aromatic rings. The molecule has 0 radical (unpaired) electrons. The van der Waals surface area contributed by atoms with Gasteiger partial charge in [-0.2, -0.15) is 0 Å². The van der Waals surface area contributed by atoms with Crippen molar-refractivity contribution >= 4 is 0 Å². The third kappa shape index (κ3) is 3.56. The number of furan rings is 1. The molecule has 0 bridgehead atoms. The molecule has 0 unspecified atom stereocenters. The van der Waals surface area contributed by atoms with Crippen LogP contribution in [-0.4, -0.2) is 31.7 Å². The van der Waals surface area contributed by atoms with E-state index in [0.717, 1.165) is 38.0 Å². The van der Waals surface area contributed by atoms with Gasteiger partial charge >= 0.3 is 0 Å². The van der Waals surface area contributed by atoms with Crippen LogP contribution in [0, 0.1) is 5.92 Å². The molecule has 0 atom stereocenters. The van der Waals surface area contributed by atoms with Gasteiger partial charge in [0.05, 0.1) is 12.8 Å². The summed E-state index contributed by atoms with van der Waals surface area (Å²) in [5, 5.41) is 0. The Bertz CT molecular complexity index is 332. The van der Waals surface area contributed by atoms with Crippen LogP contribution >= 0.6 is 0 Å². The van der Waals surface area contributed by atoms with Gasteiger partial charge < -0.3 is 19.8 Å². The van der Waals surface area contributed by atoms with Crippen molar-refractivity contribution in [3.8, 4) is 0 Å². The van der Waals surface area contributed by atoms with E-state index in [1.807, 2.05) is 6.07 Å². The van der Waals surface area contributed by atoms with Crippen LogP contribution in [0.2, 0.25) is 0 Å². The van der Waals surface area contributed by atoms with Crippen LogP contribution in [0.1, 0.15) is 24.2 Å². The highest BCUT2D eigenvalue weighted by molar-refractivity contribution is 5.16. The highest BCUT2D eigenvalue weighted by Crippen LogP contribution is 2.18. The number of rotatable bonds is 5. The fraction of sp³-hybridized carbons (Fsp3) is 0.692. The molecular formula is C13H22N2O2. The van der Waals surface area contributed by atoms with E-state index >= 15 is 0 Å². The molecule has 17 heavy (non-hydrogen) atoms. The molecule has 4 nitrogen and oxygen atoms in total. The van der Waals surface area contributed by atoms with Gasteiger partial charge in [0.2, 0.25) is 0 Å². The SMILES string of the molecule is CN(Cc1ccoc1CN)CC1CCOCC1. The average Bonchev–Trinajstić information content (AvgIpc) is 2.77. The minimum atomic E-state index is 0.480. The third-order valence-corrected chi connectivity index (χ3v) is 3.37. The van der Waals surface area contributed by atoms with E-state index in [-0.39, 0.29) is 0 Å². The molecule has 1 aliphatic heterocycles. The van der Waals surface area contributed by atoms with Crippen LogP contribution in [0.4, 0.5) is 0 Å². The summed E-state index contributed by atoms with van der Waals surface area (Å²) in [4.78, 5) is 2.35. The first-order chi connectivity index (χ1) is 8.29. The van der Waals surface area contributed by atoms with Gasteiger partial charge in [-0.3, -0.25) is 0 Å². The van der Waals surface area contributed by atoms with Crippen molar-refractivity contribution < 1.29 is 9.15 Å². The minimum absolute atomic E-state index is 0.480. The molecule has 0 aromatic carbocycles. The molecule has 0 aliphatic carbocycles. The summed E-state index contributed by atoms with van der Waals surface area (Å²) in [6, 6.07) is 2.02. The molecule has 96 valence electrons. The molecule has 0 spiro atoms. The zero-order valence-corrected chi connectivity index (χ0v) is 10.5. The van der Waals surface area contributed by atoms with Crippen molar-refractivity contribution in [2.45, 2.75) is 25.9 Å². The molecule has 1 aliphatic rings. The summed E-state index contributed by atoms with van der Waals surface area (Å²) >= 11 is 0. The lowest BCUT2D eigenvalue weighted by atomic mass is 10.00. The molecule has 0 saturated carbocycles. The predicted molar refractivity (Wildman–Crippen MR) is 66.5 cm³/mol. The molecule has 2 rings (SSSR count). The Hall–Kier alpha value is -0.840. The Morgan fingerprint density at radius 1 is 1.41 bits per heavy atom. The monoisotopic (exact) mass is 238 g/mol. The summed E-state index contributed by atoms with van der Waals surface area (Å²) < 4.78 is 10.7. The lowest BCUT2D eigenvalue weighted by molar-refractivity contribution is 0.0549. The fourth-order valence-corrected chi connectivity index (χ4v) is 2.41. The van der Waals surface area contributed by atoms with Crippen LogP contribution in [0.5, 0.6) is 0 Å². The lowest BCUT2D eigenvalue weighted by Gasteiger charge is -2.27. The molecule has 0 amide bonds. The van der Waals surface area contributed by atoms with Crippen LogP contribution < -0.4 is 5.73 Å². The van der Waals surface area contributed by atoms with Crippen molar-refractivity contribution in [2.75, 3.05) is 26.8 Å². The van der Waals surface area contributed by atoms with Crippen molar-refractivity contribution in [2.24, 2.45) is 11.7 Å². The first kappa shape index (κ1) is 12.6. The standard InChI is InChI=1S/C13H22N2O2/c1-15(9-11-2-5-16-6-3-11)10-12-4-7-17-13(12)8-14/h4,7,11H,2-3,5-6,8-10,14H2,1H3. The van der Waals surface area contributed by atoms with Gasteiger partial charge in [0, 0.05) is 31.9 Å². The van der Waals surface area contributed by atoms with Gasteiger partial charge in [-0.1, -0.05) is 0 Å². The Kier molecular flexibility index (Phi) is 4.59. The summed E-state index contributed by atoms with van der Waals surface area (Å²) in [7, 11) is 2.16. The normalized spacial score (nSPS) is 17.8. The van der Waals surface area contributed by atoms with Crippen LogP contribution in [0.25, 0.3) is 0 Å². The topological polar surface area (TPSA) is 51.6 Å². The highest BCUT2D eigenvalue weighted by atomic mass is 16.5. The summed E-state index contributed by atoms with van der Waals surface area (Å²) in [5.74, 6) is 1.67. The minimum Gasteiger partial charge on any atom is -0.468 e. The predicted octanol–water partition coefficient (Wildman–Crippen LogP) is 1.60. The summed E-state index contributed by atoms with van der Waals surface area (Å²) in [6.45, 7) is 4.35. The number of hydrogen-bond acceptors (Lipinski definition) is 4. The first-order valence-electron chi connectivity index (χ1n) is 6.31. The molecule has 1 fully saturated rings. The zero-order chi connectivity index (χ0) is 12.1. The van der Waals surface area contributed by atoms with Crippen LogP contribution in [0.15, 0.2) is 16.7 Å². The molecule has 1 saturated heterocycles. The Balaban J connectivity index is 1.82. The van der Waals surface area contributed by atoms with E-state index < -0.39 is 0 Å². The molecule has 4 heteroatoms. The Morgan fingerprint density at radius 2 is 2.18 bits per heavy atom. The van der Waals surface area contributed by atoms with Crippen LogP contribution in [0.3, 0.4) is 0 Å². The highest BCUT2D eigenvalue weighted by Gasteiger charge is 2.16. The van der Waals surface area contributed by atoms with Crippen LogP contribution in [-0.2, 0) is 17.8 Å². The number of ether oxygens (including phenoxy) is 1. The maximum atomic E-state index is 5.63. The van der Waals surface area contributed by atoms with E-state index in [1.54, 1.807) is 6.26 Å². The molecule has 2 N–H and O–H groups in total. The van der Waals surface area contributed by atoms with E-state index in [2.05, 4.69) is 11.9 Å². The Morgan fingerprint density at radius 3 is 2.88 bits per heavy atom. The second kappa shape index (κ2) is 6.19. The van der Waals surface area contributed by atoms with Gasteiger partial charge in [-0.15, -0.1) is 0 Å². The zero-order valence-electron chi connectivity index (χ0n) is 10.5. The molecule has 2 heterocycles. The van der Waals surface area contributed by atoms with E-state index in [1.165, 1.54) is 18.4 Å². The third-order valence-electron chi connectivity index (χ3n) is 3.37. The van der Waals surface area contributed by atoms with Gasteiger partial charge in [-0.25, -0.2) is 0 Å². The van der Waals surface area contributed by atoms with E-state index in [0.29, 0.717) is 6.54 Å². The van der Waals surface area contributed by atoms with Crippen molar-refractivity contribution in [1.82, 2.24) is 4.90 Å². The lowest BCUT2D eigenvalue weighted by Crippen LogP contribution is -2.29. The van der Waals surface area contributed by atoms with Gasteiger partial charge in [-0.05, 0) is 31.9 Å². The van der Waals surface area contributed by atoms with E-state index in [4.69, 9.17) is 14.9 Å². The van der Waals surface area contributed by atoms with E-state index in [9.17, 15) is 0 Å². The largest absolute Gasteiger partial charge is 0.468 e. The summed E-state index contributed by atoms with van der Waals surface area (Å²) in [5.41, 5.74) is 6.84. The maximum absolute atomic E-state index is 5.63. The second-order valence-corrected chi connectivity index (χ2v) is 4.83. The summed E-state index contributed by atoms with van der Waals surface area (Å²) in [6.07, 6.45) is 4.08. The average molecular weight is 238 g/mol.